The highest BCUT2D eigenvalue weighted by molar-refractivity contribution is 5.93. The molecule has 1 aliphatic rings. The van der Waals surface area contributed by atoms with Crippen molar-refractivity contribution in [3.63, 3.8) is 0 Å². The molecule has 0 aliphatic carbocycles. The molecule has 7 heteroatoms. The molecule has 100 valence electrons. The van der Waals surface area contributed by atoms with E-state index in [-0.39, 0.29) is 23.8 Å². The number of hydrogen-bond donors (Lipinski definition) is 1. The number of nitrogens with two attached hydrogens (primary N) is 1. The number of hydrogen-bond acceptors (Lipinski definition) is 6. The van der Waals surface area contributed by atoms with Crippen molar-refractivity contribution in [1.82, 2.24) is 9.97 Å². The third-order valence-corrected chi connectivity index (χ3v) is 2.85. The van der Waals surface area contributed by atoms with Crippen LogP contribution in [0.5, 0.6) is 0 Å². The minimum absolute atomic E-state index is 0. The molecule has 6 nitrogen and oxygen atoms in total. The van der Waals surface area contributed by atoms with Crippen LogP contribution in [0.3, 0.4) is 0 Å². The van der Waals surface area contributed by atoms with Gasteiger partial charge >= 0.3 is 5.97 Å². The Hall–Kier alpha value is -1.56. The normalized spacial score (nSPS) is 14.8. The lowest BCUT2D eigenvalue weighted by molar-refractivity contribution is 0.0601. The smallest absolute Gasteiger partial charge is 0.343 e. The molecule has 1 fully saturated rings. The molecule has 0 saturated carbocycles. The number of esters is 1. The van der Waals surface area contributed by atoms with Crippen LogP contribution in [-0.2, 0) is 4.74 Å². The summed E-state index contributed by atoms with van der Waals surface area (Å²) >= 11 is 0. The Bertz CT molecular complexity index is 422. The van der Waals surface area contributed by atoms with Crippen molar-refractivity contribution in [2.75, 3.05) is 30.8 Å². The summed E-state index contributed by atoms with van der Waals surface area (Å²) in [6.45, 7) is 1.88. The van der Waals surface area contributed by atoms with Crippen molar-refractivity contribution < 1.29 is 9.53 Å². The predicted molar refractivity (Wildman–Crippen MR) is 71.1 cm³/mol. The van der Waals surface area contributed by atoms with Gasteiger partial charge in [0.1, 0.15) is 11.4 Å². The SMILES string of the molecule is COC(=O)c1cnc(N2CCCCC2)nc1N.Cl. The predicted octanol–water partition coefficient (Wildman–Crippen LogP) is 1.26. The van der Waals surface area contributed by atoms with E-state index in [4.69, 9.17) is 5.73 Å². The summed E-state index contributed by atoms with van der Waals surface area (Å²) in [6, 6.07) is 0. The maximum atomic E-state index is 11.3. The highest BCUT2D eigenvalue weighted by Gasteiger charge is 2.17. The zero-order valence-electron chi connectivity index (χ0n) is 10.3. The molecule has 0 amide bonds. The van der Waals surface area contributed by atoms with Crippen molar-refractivity contribution in [3.8, 4) is 0 Å². The third kappa shape index (κ3) is 3.01. The molecule has 18 heavy (non-hydrogen) atoms. The number of piperidine rings is 1. The molecule has 2 N–H and O–H groups in total. The molecule has 0 radical (unpaired) electrons. The Morgan fingerprint density at radius 1 is 1.39 bits per heavy atom. The van der Waals surface area contributed by atoms with Crippen LogP contribution in [-0.4, -0.2) is 36.1 Å². The molecule has 0 aromatic carbocycles. The van der Waals surface area contributed by atoms with Gasteiger partial charge in [-0.2, -0.15) is 4.98 Å². The van der Waals surface area contributed by atoms with E-state index in [9.17, 15) is 4.79 Å². The van der Waals surface area contributed by atoms with Crippen LogP contribution in [0.25, 0.3) is 0 Å². The number of aromatic nitrogens is 2. The number of rotatable bonds is 2. The van der Waals surface area contributed by atoms with Gasteiger partial charge in [0.05, 0.1) is 7.11 Å². The summed E-state index contributed by atoms with van der Waals surface area (Å²) in [5.74, 6) is 0.259. The van der Waals surface area contributed by atoms with Gasteiger partial charge < -0.3 is 15.4 Å². The largest absolute Gasteiger partial charge is 0.465 e. The number of halogens is 1. The van der Waals surface area contributed by atoms with Gasteiger partial charge in [0, 0.05) is 19.3 Å². The van der Waals surface area contributed by atoms with Gasteiger partial charge in [0.2, 0.25) is 5.95 Å². The average Bonchev–Trinajstić information content (AvgIpc) is 2.39. The maximum absolute atomic E-state index is 11.3. The molecule has 2 heterocycles. The molecule has 1 aromatic heterocycles. The Balaban J connectivity index is 0.00000162. The Labute approximate surface area is 112 Å². The molecular formula is C11H17ClN4O2. The molecule has 0 unspecified atom stereocenters. The second kappa shape index (κ2) is 6.39. The average molecular weight is 273 g/mol. The first kappa shape index (κ1) is 14.5. The van der Waals surface area contributed by atoms with E-state index in [2.05, 4.69) is 19.6 Å². The van der Waals surface area contributed by atoms with E-state index >= 15 is 0 Å². The lowest BCUT2D eigenvalue weighted by Gasteiger charge is -2.26. The number of nitrogens with zero attached hydrogens (tertiary/aromatic N) is 3. The Morgan fingerprint density at radius 2 is 2.06 bits per heavy atom. The van der Waals surface area contributed by atoms with E-state index in [1.807, 2.05) is 0 Å². The number of ether oxygens (including phenoxy) is 1. The van der Waals surface area contributed by atoms with Crippen LogP contribution < -0.4 is 10.6 Å². The van der Waals surface area contributed by atoms with E-state index in [0.717, 1.165) is 25.9 Å². The van der Waals surface area contributed by atoms with Crippen LogP contribution >= 0.6 is 12.4 Å². The molecule has 1 saturated heterocycles. The molecular weight excluding hydrogens is 256 g/mol. The molecule has 2 rings (SSSR count). The number of carbonyl (C=O) groups is 1. The second-order valence-corrected chi connectivity index (χ2v) is 4.01. The maximum Gasteiger partial charge on any atom is 0.343 e. The minimum atomic E-state index is -0.507. The van der Waals surface area contributed by atoms with Crippen LogP contribution in [0, 0.1) is 0 Å². The first-order valence-electron chi connectivity index (χ1n) is 5.68. The molecule has 0 atom stereocenters. The van der Waals surface area contributed by atoms with E-state index in [1.54, 1.807) is 0 Å². The third-order valence-electron chi connectivity index (χ3n) is 2.85. The van der Waals surface area contributed by atoms with Crippen molar-refractivity contribution in [2.45, 2.75) is 19.3 Å². The minimum Gasteiger partial charge on any atom is -0.465 e. The number of methoxy groups -OCH3 is 1. The molecule has 1 aliphatic heterocycles. The van der Waals surface area contributed by atoms with Gasteiger partial charge in [0.15, 0.2) is 0 Å². The van der Waals surface area contributed by atoms with Crippen LogP contribution in [0.1, 0.15) is 29.6 Å². The van der Waals surface area contributed by atoms with Crippen molar-refractivity contribution in [1.29, 1.82) is 0 Å². The van der Waals surface area contributed by atoms with E-state index in [0.29, 0.717) is 5.95 Å². The van der Waals surface area contributed by atoms with Crippen LogP contribution in [0.2, 0.25) is 0 Å². The highest BCUT2D eigenvalue weighted by atomic mass is 35.5. The van der Waals surface area contributed by atoms with E-state index < -0.39 is 5.97 Å². The number of anilines is 2. The van der Waals surface area contributed by atoms with Crippen LogP contribution in [0.4, 0.5) is 11.8 Å². The lowest BCUT2D eigenvalue weighted by Crippen LogP contribution is -2.31. The molecule has 0 bridgehead atoms. The Kier molecular flexibility index (Phi) is 5.15. The van der Waals surface area contributed by atoms with Gasteiger partial charge in [0.25, 0.3) is 0 Å². The number of nitrogen functional groups attached to an aromatic ring is 1. The van der Waals surface area contributed by atoms with Gasteiger partial charge in [-0.3, -0.25) is 0 Å². The summed E-state index contributed by atoms with van der Waals surface area (Å²) in [5.41, 5.74) is 5.94. The summed E-state index contributed by atoms with van der Waals surface area (Å²) in [5, 5.41) is 0. The summed E-state index contributed by atoms with van der Waals surface area (Å²) in [6.07, 6.45) is 4.95. The monoisotopic (exact) mass is 272 g/mol. The number of carbonyl (C=O) groups excluding carboxylic acids is 1. The van der Waals surface area contributed by atoms with E-state index in [1.165, 1.54) is 19.7 Å². The highest BCUT2D eigenvalue weighted by Crippen LogP contribution is 2.18. The fraction of sp³-hybridized carbons (Fsp3) is 0.545. The first-order valence-corrected chi connectivity index (χ1v) is 5.68. The zero-order chi connectivity index (χ0) is 12.3. The summed E-state index contributed by atoms with van der Waals surface area (Å²) in [7, 11) is 1.31. The Morgan fingerprint density at radius 3 is 2.61 bits per heavy atom. The lowest BCUT2D eigenvalue weighted by atomic mass is 10.1. The van der Waals surface area contributed by atoms with Gasteiger partial charge in [-0.1, -0.05) is 0 Å². The fourth-order valence-corrected chi connectivity index (χ4v) is 1.90. The summed E-state index contributed by atoms with van der Waals surface area (Å²) < 4.78 is 4.59. The fourth-order valence-electron chi connectivity index (χ4n) is 1.90. The molecule has 1 aromatic rings. The first-order chi connectivity index (χ1) is 8.22. The van der Waals surface area contributed by atoms with Crippen molar-refractivity contribution >= 4 is 30.1 Å². The van der Waals surface area contributed by atoms with Crippen molar-refractivity contribution in [3.05, 3.63) is 11.8 Å². The quantitative estimate of drug-likeness (QED) is 0.816. The van der Waals surface area contributed by atoms with Crippen molar-refractivity contribution in [2.24, 2.45) is 0 Å². The summed E-state index contributed by atoms with van der Waals surface area (Å²) in [4.78, 5) is 21.7. The van der Waals surface area contributed by atoms with Gasteiger partial charge in [-0.15, -0.1) is 12.4 Å². The topological polar surface area (TPSA) is 81.3 Å². The zero-order valence-corrected chi connectivity index (χ0v) is 11.1. The molecule has 0 spiro atoms. The van der Waals surface area contributed by atoms with Crippen LogP contribution in [0.15, 0.2) is 6.20 Å². The second-order valence-electron chi connectivity index (χ2n) is 4.01. The van der Waals surface area contributed by atoms with Gasteiger partial charge in [-0.25, -0.2) is 9.78 Å². The standard InChI is InChI=1S/C11H16N4O2.ClH/c1-17-10(16)8-7-13-11(14-9(8)12)15-5-3-2-4-6-15;/h7H,2-6H2,1H3,(H2,12,13,14);1H. The van der Waals surface area contributed by atoms with Gasteiger partial charge in [-0.05, 0) is 19.3 Å².